The highest BCUT2D eigenvalue weighted by molar-refractivity contribution is 5.85. The maximum Gasteiger partial charge on any atom is 0.0715 e. The Morgan fingerprint density at radius 2 is 0.778 bits per heavy atom. The fourth-order valence-corrected chi connectivity index (χ4v) is 6.85. The highest BCUT2D eigenvalue weighted by atomic mass is 14.7. The monoisotopic (exact) mass is 575 g/mol. The quantitative estimate of drug-likeness (QED) is 0.199. The normalized spacial score (nSPS) is 12.8. The van der Waals surface area contributed by atoms with Crippen LogP contribution in [0.15, 0.2) is 164 Å². The lowest BCUT2D eigenvalue weighted by Gasteiger charge is -2.22. The summed E-state index contributed by atoms with van der Waals surface area (Å²) in [4.78, 5) is 5.07. The number of nitrogens with zero attached hydrogens (tertiary/aromatic N) is 1. The summed E-state index contributed by atoms with van der Waals surface area (Å²) in [7, 11) is 0. The van der Waals surface area contributed by atoms with E-state index in [4.69, 9.17) is 4.98 Å². The van der Waals surface area contributed by atoms with Crippen molar-refractivity contribution in [3.05, 3.63) is 175 Å². The lowest BCUT2D eigenvalue weighted by Crippen LogP contribution is -2.14. The molecule has 1 heterocycles. The van der Waals surface area contributed by atoms with Crippen LogP contribution >= 0.6 is 0 Å². The molecule has 0 amide bonds. The van der Waals surface area contributed by atoms with Crippen molar-refractivity contribution in [2.75, 3.05) is 0 Å². The first-order valence-electron chi connectivity index (χ1n) is 15.6. The van der Waals surface area contributed by atoms with Gasteiger partial charge in [-0.05, 0) is 86.0 Å². The Hall–Kier alpha value is -5.53. The lowest BCUT2D eigenvalue weighted by molar-refractivity contribution is 0.660. The van der Waals surface area contributed by atoms with Crippen molar-refractivity contribution in [2.45, 2.75) is 19.3 Å². The molecule has 214 valence electrons. The molecule has 0 saturated carbocycles. The minimum atomic E-state index is -0.0182. The average Bonchev–Trinajstić information content (AvgIpc) is 3.34. The second-order valence-electron chi connectivity index (χ2n) is 12.5. The summed E-state index contributed by atoms with van der Waals surface area (Å²) in [5.74, 6) is 0. The SMILES string of the molecule is CC1(C)c2ccccc2-c2ccc(-c3cccc(-c4cccc(-c5cc(-c6ccccc6)nc(-c6ccccc6)c5)c4)c3)cc21. The van der Waals surface area contributed by atoms with E-state index in [1.54, 1.807) is 0 Å². The van der Waals surface area contributed by atoms with Crippen molar-refractivity contribution in [1.29, 1.82) is 0 Å². The van der Waals surface area contributed by atoms with Crippen molar-refractivity contribution >= 4 is 0 Å². The molecule has 45 heavy (non-hydrogen) atoms. The standard InChI is InChI=1S/C44H33N/c1-44(2)40-22-10-9-21-38(40)39-24-23-36(27-41(39)44)34-19-11-17-32(25-34)33-18-12-20-35(26-33)37-28-42(30-13-5-3-6-14-30)45-43(29-37)31-15-7-4-8-16-31/h3-29H,1-2H3. The predicted molar refractivity (Wildman–Crippen MR) is 189 cm³/mol. The molecule has 0 radical (unpaired) electrons. The number of hydrogen-bond donors (Lipinski definition) is 0. The van der Waals surface area contributed by atoms with Gasteiger partial charge in [0.1, 0.15) is 0 Å². The first-order valence-corrected chi connectivity index (χ1v) is 15.6. The van der Waals surface area contributed by atoms with Gasteiger partial charge in [-0.2, -0.15) is 0 Å². The second kappa shape index (κ2) is 10.9. The van der Waals surface area contributed by atoms with Crippen LogP contribution in [0.4, 0.5) is 0 Å². The van der Waals surface area contributed by atoms with Gasteiger partial charge in [0, 0.05) is 16.5 Å². The van der Waals surface area contributed by atoms with E-state index >= 15 is 0 Å². The van der Waals surface area contributed by atoms with Gasteiger partial charge in [0.15, 0.2) is 0 Å². The molecule has 0 N–H and O–H groups in total. The van der Waals surface area contributed by atoms with Crippen molar-refractivity contribution in [1.82, 2.24) is 4.98 Å². The third-order valence-electron chi connectivity index (χ3n) is 9.27. The first kappa shape index (κ1) is 27.0. The summed E-state index contributed by atoms with van der Waals surface area (Å²) in [6.07, 6.45) is 0. The van der Waals surface area contributed by atoms with E-state index in [-0.39, 0.29) is 5.41 Å². The van der Waals surface area contributed by atoms with E-state index in [9.17, 15) is 0 Å². The Bertz CT molecular complexity index is 2120. The van der Waals surface area contributed by atoms with Crippen LogP contribution in [0.2, 0.25) is 0 Å². The number of fused-ring (bicyclic) bond motifs is 3. The summed E-state index contributed by atoms with van der Waals surface area (Å²) in [5, 5.41) is 0. The molecule has 1 aliphatic carbocycles. The zero-order valence-electron chi connectivity index (χ0n) is 25.5. The fraction of sp³-hybridized carbons (Fsp3) is 0.0682. The Kier molecular flexibility index (Phi) is 6.54. The van der Waals surface area contributed by atoms with Crippen molar-refractivity contribution < 1.29 is 0 Å². The highest BCUT2D eigenvalue weighted by Gasteiger charge is 2.35. The zero-order valence-corrected chi connectivity index (χ0v) is 25.5. The van der Waals surface area contributed by atoms with Gasteiger partial charge in [-0.1, -0.05) is 147 Å². The zero-order chi connectivity index (χ0) is 30.4. The smallest absolute Gasteiger partial charge is 0.0715 e. The molecule has 0 atom stereocenters. The molecule has 1 nitrogen and oxygen atoms in total. The number of aromatic nitrogens is 1. The third-order valence-corrected chi connectivity index (χ3v) is 9.27. The van der Waals surface area contributed by atoms with Gasteiger partial charge in [-0.15, -0.1) is 0 Å². The lowest BCUT2D eigenvalue weighted by atomic mass is 9.81. The Balaban J connectivity index is 1.18. The van der Waals surface area contributed by atoms with E-state index in [0.29, 0.717) is 0 Å². The minimum Gasteiger partial charge on any atom is -0.248 e. The first-order chi connectivity index (χ1) is 22.0. The number of benzene rings is 6. The number of rotatable bonds is 5. The maximum atomic E-state index is 5.07. The van der Waals surface area contributed by atoms with Gasteiger partial charge in [0.2, 0.25) is 0 Å². The Morgan fingerprint density at radius 1 is 0.333 bits per heavy atom. The van der Waals surface area contributed by atoms with Gasteiger partial charge in [-0.3, -0.25) is 0 Å². The van der Waals surface area contributed by atoms with Crippen LogP contribution in [-0.2, 0) is 5.41 Å². The van der Waals surface area contributed by atoms with Gasteiger partial charge in [0.05, 0.1) is 11.4 Å². The van der Waals surface area contributed by atoms with E-state index in [2.05, 4.69) is 166 Å². The summed E-state index contributed by atoms with van der Waals surface area (Å²) < 4.78 is 0. The van der Waals surface area contributed by atoms with Gasteiger partial charge < -0.3 is 0 Å². The molecule has 0 bridgehead atoms. The molecule has 6 aromatic carbocycles. The maximum absolute atomic E-state index is 5.07. The highest BCUT2D eigenvalue weighted by Crippen LogP contribution is 2.49. The molecule has 0 unspecified atom stereocenters. The fourth-order valence-electron chi connectivity index (χ4n) is 6.85. The summed E-state index contributed by atoms with van der Waals surface area (Å²) in [6.45, 7) is 4.68. The molecule has 0 fully saturated rings. The number of pyridine rings is 1. The minimum absolute atomic E-state index is 0.0182. The third kappa shape index (κ3) is 4.87. The van der Waals surface area contributed by atoms with Crippen LogP contribution in [0.25, 0.3) is 67.0 Å². The molecule has 1 aliphatic rings. The Labute approximate surface area is 265 Å². The molecule has 0 spiro atoms. The van der Waals surface area contributed by atoms with E-state index < -0.39 is 0 Å². The Morgan fingerprint density at radius 3 is 1.36 bits per heavy atom. The van der Waals surface area contributed by atoms with Crippen molar-refractivity contribution in [3.8, 4) is 67.0 Å². The molecule has 8 rings (SSSR count). The van der Waals surface area contributed by atoms with Crippen LogP contribution in [0.1, 0.15) is 25.0 Å². The summed E-state index contributed by atoms with van der Waals surface area (Å²) in [5.41, 5.74) is 16.9. The number of hydrogen-bond acceptors (Lipinski definition) is 1. The molecule has 1 aromatic heterocycles. The van der Waals surface area contributed by atoms with Gasteiger partial charge in [0.25, 0.3) is 0 Å². The second-order valence-corrected chi connectivity index (χ2v) is 12.5. The molecular weight excluding hydrogens is 542 g/mol. The van der Waals surface area contributed by atoms with Crippen LogP contribution < -0.4 is 0 Å². The topological polar surface area (TPSA) is 12.9 Å². The van der Waals surface area contributed by atoms with Crippen LogP contribution in [0.3, 0.4) is 0 Å². The molecule has 7 aromatic rings. The molecule has 1 heteroatoms. The van der Waals surface area contributed by atoms with Crippen molar-refractivity contribution in [2.24, 2.45) is 0 Å². The molecule has 0 saturated heterocycles. The molecular formula is C44H33N. The van der Waals surface area contributed by atoms with Gasteiger partial charge in [-0.25, -0.2) is 4.98 Å². The van der Waals surface area contributed by atoms with Crippen molar-refractivity contribution in [3.63, 3.8) is 0 Å². The predicted octanol–water partition coefficient (Wildman–Crippen LogP) is 11.7. The van der Waals surface area contributed by atoms with Gasteiger partial charge >= 0.3 is 0 Å². The van der Waals surface area contributed by atoms with E-state index in [1.807, 2.05) is 12.1 Å². The van der Waals surface area contributed by atoms with Crippen LogP contribution in [0.5, 0.6) is 0 Å². The summed E-state index contributed by atoms with van der Waals surface area (Å²) >= 11 is 0. The average molecular weight is 576 g/mol. The van der Waals surface area contributed by atoms with E-state index in [0.717, 1.165) is 28.1 Å². The molecule has 0 aliphatic heterocycles. The van der Waals surface area contributed by atoms with Crippen LogP contribution in [0, 0.1) is 0 Å². The van der Waals surface area contributed by atoms with E-state index in [1.165, 1.54) is 50.1 Å². The summed E-state index contributed by atoms with van der Waals surface area (Å²) in [6, 6.07) is 58.9. The largest absolute Gasteiger partial charge is 0.248 e. The van der Waals surface area contributed by atoms with Crippen LogP contribution in [-0.4, -0.2) is 4.98 Å².